The lowest BCUT2D eigenvalue weighted by Gasteiger charge is -2.06. The van der Waals surface area contributed by atoms with Gasteiger partial charge in [-0.25, -0.2) is 0 Å². The predicted molar refractivity (Wildman–Crippen MR) is 63.4 cm³/mol. The van der Waals surface area contributed by atoms with Gasteiger partial charge in [0, 0.05) is 11.8 Å². The van der Waals surface area contributed by atoms with E-state index >= 15 is 0 Å². The molecule has 0 atom stereocenters. The molecule has 0 unspecified atom stereocenters. The van der Waals surface area contributed by atoms with Crippen molar-refractivity contribution in [2.45, 2.75) is 25.7 Å². The van der Waals surface area contributed by atoms with Gasteiger partial charge in [0.2, 0.25) is 0 Å². The van der Waals surface area contributed by atoms with Crippen LogP contribution in [0.1, 0.15) is 19.4 Å². The van der Waals surface area contributed by atoms with Crippen LogP contribution in [0.3, 0.4) is 0 Å². The van der Waals surface area contributed by atoms with Gasteiger partial charge in [-0.15, -0.1) is 11.8 Å². The van der Waals surface area contributed by atoms with Crippen LogP contribution >= 0.6 is 11.8 Å². The lowest BCUT2D eigenvalue weighted by molar-refractivity contribution is -0.387. The summed E-state index contributed by atoms with van der Waals surface area (Å²) in [6.07, 6.45) is 0. The molecule has 0 saturated carbocycles. The summed E-state index contributed by atoms with van der Waals surface area (Å²) in [6.45, 7) is 6.16. The van der Waals surface area contributed by atoms with Gasteiger partial charge in [0.15, 0.2) is 0 Å². The Bertz CT molecular complexity index is 364. The quantitative estimate of drug-likeness (QED) is 0.446. The normalized spacial score (nSPS) is 10.7. The maximum absolute atomic E-state index is 10.8. The number of hydrogen-bond donors (Lipinski definition) is 0. The maximum Gasteiger partial charge on any atom is 0.282 e. The number of nitro groups is 1. The van der Waals surface area contributed by atoms with Gasteiger partial charge in [0.1, 0.15) is 0 Å². The topological polar surface area (TPSA) is 43.1 Å². The Morgan fingerprint density at radius 1 is 1.47 bits per heavy atom. The zero-order valence-corrected chi connectivity index (χ0v) is 10.0. The Morgan fingerprint density at radius 2 is 2.13 bits per heavy atom. The van der Waals surface area contributed by atoms with Crippen LogP contribution in [0.2, 0.25) is 0 Å². The summed E-state index contributed by atoms with van der Waals surface area (Å²) in [6, 6.07) is 5.24. The van der Waals surface area contributed by atoms with Gasteiger partial charge in [-0.2, -0.15) is 0 Å². The monoisotopic (exact) mass is 225 g/mol. The number of rotatable bonds is 4. The Kier molecular flexibility index (Phi) is 4.15. The lowest BCUT2D eigenvalue weighted by Crippen LogP contribution is -1.95. The van der Waals surface area contributed by atoms with Crippen molar-refractivity contribution in [3.8, 4) is 0 Å². The fourth-order valence-corrected chi connectivity index (χ4v) is 2.22. The highest BCUT2D eigenvalue weighted by Crippen LogP contribution is 2.31. The molecule has 0 saturated heterocycles. The molecule has 82 valence electrons. The first-order valence-corrected chi connectivity index (χ1v) is 5.87. The molecular formula is C11H15NO2S. The van der Waals surface area contributed by atoms with Gasteiger partial charge >= 0.3 is 0 Å². The molecule has 0 aliphatic rings. The molecule has 0 aliphatic heterocycles. The SMILES string of the molecule is Cc1ccc([N+](=O)[O-])c(SCC(C)C)c1. The Morgan fingerprint density at radius 3 is 2.67 bits per heavy atom. The summed E-state index contributed by atoms with van der Waals surface area (Å²) < 4.78 is 0. The molecule has 1 rings (SSSR count). The van der Waals surface area contributed by atoms with Crippen molar-refractivity contribution >= 4 is 17.4 Å². The smallest absolute Gasteiger partial charge is 0.258 e. The predicted octanol–water partition coefficient (Wildman–Crippen LogP) is 3.65. The van der Waals surface area contributed by atoms with E-state index in [-0.39, 0.29) is 10.6 Å². The first-order chi connectivity index (χ1) is 7.00. The van der Waals surface area contributed by atoms with E-state index in [1.807, 2.05) is 13.0 Å². The van der Waals surface area contributed by atoms with Crippen molar-refractivity contribution in [3.63, 3.8) is 0 Å². The fourth-order valence-electron chi connectivity index (χ4n) is 1.14. The number of thioether (sulfide) groups is 1. The Hall–Kier alpha value is -1.03. The average molecular weight is 225 g/mol. The maximum atomic E-state index is 10.8. The molecule has 0 amide bonds. The number of nitrogens with zero attached hydrogens (tertiary/aromatic N) is 1. The van der Waals surface area contributed by atoms with Crippen LogP contribution in [0.5, 0.6) is 0 Å². The molecule has 1 aromatic rings. The third kappa shape index (κ3) is 3.55. The van der Waals surface area contributed by atoms with E-state index in [2.05, 4.69) is 13.8 Å². The highest BCUT2D eigenvalue weighted by molar-refractivity contribution is 7.99. The second-order valence-corrected chi connectivity index (χ2v) is 4.99. The number of nitro benzene ring substituents is 1. The van der Waals surface area contributed by atoms with Gasteiger partial charge < -0.3 is 0 Å². The van der Waals surface area contributed by atoms with Crippen molar-refractivity contribution in [2.75, 3.05) is 5.75 Å². The minimum Gasteiger partial charge on any atom is -0.258 e. The summed E-state index contributed by atoms with van der Waals surface area (Å²) in [5.41, 5.74) is 1.28. The van der Waals surface area contributed by atoms with Crippen LogP contribution < -0.4 is 0 Å². The third-order valence-electron chi connectivity index (χ3n) is 1.88. The lowest BCUT2D eigenvalue weighted by atomic mass is 10.2. The molecular weight excluding hydrogens is 210 g/mol. The third-order valence-corrected chi connectivity index (χ3v) is 3.36. The summed E-state index contributed by atoms with van der Waals surface area (Å²) in [4.78, 5) is 11.2. The van der Waals surface area contributed by atoms with Crippen LogP contribution in [0.25, 0.3) is 0 Å². The Labute approximate surface area is 94.0 Å². The van der Waals surface area contributed by atoms with Crippen LogP contribution in [-0.4, -0.2) is 10.7 Å². The molecule has 0 heterocycles. The molecule has 0 fully saturated rings. The van der Waals surface area contributed by atoms with E-state index in [9.17, 15) is 10.1 Å². The molecule has 0 aromatic heterocycles. The molecule has 1 aromatic carbocycles. The molecule has 3 nitrogen and oxygen atoms in total. The van der Waals surface area contributed by atoms with E-state index < -0.39 is 0 Å². The van der Waals surface area contributed by atoms with Gasteiger partial charge in [0.05, 0.1) is 9.82 Å². The van der Waals surface area contributed by atoms with E-state index in [4.69, 9.17) is 0 Å². The first kappa shape index (κ1) is 12.0. The van der Waals surface area contributed by atoms with Crippen molar-refractivity contribution < 1.29 is 4.92 Å². The van der Waals surface area contributed by atoms with Crippen molar-refractivity contribution in [2.24, 2.45) is 5.92 Å². The largest absolute Gasteiger partial charge is 0.282 e. The number of aryl methyl sites for hydroxylation is 1. The van der Waals surface area contributed by atoms with Gasteiger partial charge in [-0.1, -0.05) is 19.9 Å². The molecule has 0 N–H and O–H groups in total. The highest BCUT2D eigenvalue weighted by atomic mass is 32.2. The van der Waals surface area contributed by atoms with Crippen LogP contribution in [0.15, 0.2) is 23.1 Å². The molecule has 15 heavy (non-hydrogen) atoms. The van der Waals surface area contributed by atoms with Gasteiger partial charge in [-0.3, -0.25) is 10.1 Å². The van der Waals surface area contributed by atoms with Crippen molar-refractivity contribution in [1.29, 1.82) is 0 Å². The number of hydrogen-bond acceptors (Lipinski definition) is 3. The summed E-state index contributed by atoms with van der Waals surface area (Å²) in [5, 5.41) is 10.8. The van der Waals surface area contributed by atoms with Crippen LogP contribution in [0.4, 0.5) is 5.69 Å². The second-order valence-electron chi connectivity index (χ2n) is 3.93. The van der Waals surface area contributed by atoms with Gasteiger partial charge in [0.25, 0.3) is 5.69 Å². The molecule has 0 spiro atoms. The zero-order chi connectivity index (χ0) is 11.4. The van der Waals surface area contributed by atoms with E-state index in [0.29, 0.717) is 5.92 Å². The van der Waals surface area contributed by atoms with Crippen molar-refractivity contribution in [1.82, 2.24) is 0 Å². The summed E-state index contributed by atoms with van der Waals surface area (Å²) >= 11 is 1.56. The molecule has 0 radical (unpaired) electrons. The summed E-state index contributed by atoms with van der Waals surface area (Å²) in [7, 11) is 0. The average Bonchev–Trinajstić information content (AvgIpc) is 2.14. The van der Waals surface area contributed by atoms with Gasteiger partial charge in [-0.05, 0) is 24.5 Å². The van der Waals surface area contributed by atoms with Crippen LogP contribution in [0, 0.1) is 23.0 Å². The summed E-state index contributed by atoms with van der Waals surface area (Å²) in [5.74, 6) is 1.44. The van der Waals surface area contributed by atoms with Crippen molar-refractivity contribution in [3.05, 3.63) is 33.9 Å². The van der Waals surface area contributed by atoms with E-state index in [0.717, 1.165) is 16.2 Å². The van der Waals surface area contributed by atoms with E-state index in [1.165, 1.54) is 0 Å². The standard InChI is InChI=1S/C11H15NO2S/c1-8(2)7-15-11-6-9(3)4-5-10(11)12(13)14/h4-6,8H,7H2,1-3H3. The van der Waals surface area contributed by atoms with E-state index in [1.54, 1.807) is 23.9 Å². The highest BCUT2D eigenvalue weighted by Gasteiger charge is 2.13. The second kappa shape index (κ2) is 5.16. The molecule has 0 aliphatic carbocycles. The zero-order valence-electron chi connectivity index (χ0n) is 9.19. The Balaban J connectivity index is 2.92. The minimum absolute atomic E-state index is 0.214. The molecule has 4 heteroatoms. The minimum atomic E-state index is -0.317. The fraction of sp³-hybridized carbons (Fsp3) is 0.455. The molecule has 0 bridgehead atoms. The number of benzene rings is 1. The van der Waals surface area contributed by atoms with Crippen LogP contribution in [-0.2, 0) is 0 Å². The first-order valence-electron chi connectivity index (χ1n) is 4.88.